The molecule has 0 amide bonds. The van der Waals surface area contributed by atoms with Crippen molar-refractivity contribution in [1.82, 2.24) is 5.32 Å². The second-order valence-corrected chi connectivity index (χ2v) is 6.83. The van der Waals surface area contributed by atoms with Gasteiger partial charge >= 0.3 is 0 Å². The Kier molecular flexibility index (Phi) is 4.08. The number of nitriles is 1. The summed E-state index contributed by atoms with van der Waals surface area (Å²) in [6.45, 7) is 1.55. The van der Waals surface area contributed by atoms with Crippen molar-refractivity contribution in [1.29, 1.82) is 5.26 Å². The minimum Gasteiger partial charge on any atom is -0.495 e. The third kappa shape index (κ3) is 3.46. The van der Waals surface area contributed by atoms with E-state index >= 15 is 0 Å². The molecule has 1 N–H and O–H groups in total. The average Bonchev–Trinajstić information content (AvgIpc) is 2.33. The van der Waals surface area contributed by atoms with Gasteiger partial charge in [0.25, 0.3) is 0 Å². The molecular weight excluding hydrogens is 264 g/mol. The number of hydrogen-bond acceptors (Lipinski definition) is 5. The van der Waals surface area contributed by atoms with Crippen LogP contribution in [0.25, 0.3) is 0 Å². The van der Waals surface area contributed by atoms with E-state index in [1.165, 1.54) is 7.11 Å². The van der Waals surface area contributed by atoms with Crippen LogP contribution in [0.4, 0.5) is 0 Å². The zero-order valence-electron chi connectivity index (χ0n) is 10.7. The first-order valence-corrected chi connectivity index (χ1v) is 7.84. The van der Waals surface area contributed by atoms with E-state index in [0.29, 0.717) is 16.9 Å². The first-order chi connectivity index (χ1) is 9.04. The maximum Gasteiger partial charge on any atom is 0.154 e. The van der Waals surface area contributed by atoms with Crippen molar-refractivity contribution in [3.63, 3.8) is 0 Å². The maximum absolute atomic E-state index is 12.0. The van der Waals surface area contributed by atoms with Gasteiger partial charge in [0.2, 0.25) is 0 Å². The van der Waals surface area contributed by atoms with E-state index in [9.17, 15) is 8.42 Å². The molecular formula is C13H16N2O3S. The quantitative estimate of drug-likeness (QED) is 0.859. The fraction of sp³-hybridized carbons (Fsp3) is 0.462. The SMILES string of the molecule is COc1cc(CS(=O)(=O)CC2CNC2)ccc1C#N. The Morgan fingerprint density at radius 1 is 1.47 bits per heavy atom. The number of methoxy groups -OCH3 is 1. The zero-order chi connectivity index (χ0) is 13.9. The van der Waals surface area contributed by atoms with E-state index in [-0.39, 0.29) is 17.4 Å². The lowest BCUT2D eigenvalue weighted by Gasteiger charge is -2.26. The Labute approximate surface area is 113 Å². The summed E-state index contributed by atoms with van der Waals surface area (Å²) < 4.78 is 29.1. The summed E-state index contributed by atoms with van der Waals surface area (Å²) in [5.41, 5.74) is 1.06. The number of sulfone groups is 1. The molecule has 6 heteroatoms. The lowest BCUT2D eigenvalue weighted by molar-refractivity contribution is 0.378. The molecule has 0 saturated carbocycles. The molecule has 0 radical (unpaired) electrons. The van der Waals surface area contributed by atoms with Crippen molar-refractivity contribution in [2.45, 2.75) is 5.75 Å². The molecule has 0 aromatic heterocycles. The van der Waals surface area contributed by atoms with Crippen molar-refractivity contribution in [2.24, 2.45) is 5.92 Å². The number of hydrogen-bond donors (Lipinski definition) is 1. The molecule has 102 valence electrons. The minimum atomic E-state index is -3.12. The van der Waals surface area contributed by atoms with E-state index in [1.54, 1.807) is 18.2 Å². The number of benzene rings is 1. The highest BCUT2D eigenvalue weighted by Crippen LogP contribution is 2.21. The molecule has 0 spiro atoms. The molecule has 1 heterocycles. The monoisotopic (exact) mass is 280 g/mol. The molecule has 5 nitrogen and oxygen atoms in total. The van der Waals surface area contributed by atoms with Crippen LogP contribution in [0.1, 0.15) is 11.1 Å². The van der Waals surface area contributed by atoms with Crippen LogP contribution in [0, 0.1) is 17.2 Å². The molecule has 0 unspecified atom stereocenters. The van der Waals surface area contributed by atoms with Gasteiger partial charge in [-0.3, -0.25) is 0 Å². The van der Waals surface area contributed by atoms with Crippen LogP contribution in [-0.4, -0.2) is 34.4 Å². The summed E-state index contributed by atoms with van der Waals surface area (Å²) in [6.07, 6.45) is 0. The first kappa shape index (κ1) is 13.8. The third-order valence-corrected chi connectivity index (χ3v) is 4.88. The second-order valence-electron chi connectivity index (χ2n) is 4.73. The number of nitrogens with zero attached hydrogens (tertiary/aromatic N) is 1. The van der Waals surface area contributed by atoms with E-state index in [1.807, 2.05) is 6.07 Å². The molecule has 1 aliphatic rings. The Morgan fingerprint density at radius 2 is 2.21 bits per heavy atom. The van der Waals surface area contributed by atoms with Gasteiger partial charge in [0, 0.05) is 13.1 Å². The predicted molar refractivity (Wildman–Crippen MR) is 71.6 cm³/mol. The number of nitrogens with one attached hydrogen (secondary N) is 1. The van der Waals surface area contributed by atoms with E-state index in [4.69, 9.17) is 10.00 Å². The fourth-order valence-electron chi connectivity index (χ4n) is 2.06. The van der Waals surface area contributed by atoms with Gasteiger partial charge in [-0.2, -0.15) is 5.26 Å². The Hall–Kier alpha value is -1.58. The van der Waals surface area contributed by atoms with Crippen molar-refractivity contribution in [2.75, 3.05) is 26.0 Å². The van der Waals surface area contributed by atoms with Crippen molar-refractivity contribution in [3.05, 3.63) is 29.3 Å². The molecule has 1 fully saturated rings. The molecule has 0 aliphatic carbocycles. The minimum absolute atomic E-state index is 0.00836. The zero-order valence-corrected chi connectivity index (χ0v) is 11.5. The molecule has 1 saturated heterocycles. The molecule has 0 atom stereocenters. The summed E-state index contributed by atoms with van der Waals surface area (Å²) >= 11 is 0. The van der Waals surface area contributed by atoms with Gasteiger partial charge in [0.05, 0.1) is 24.2 Å². The summed E-state index contributed by atoms with van der Waals surface area (Å²) in [4.78, 5) is 0. The Morgan fingerprint density at radius 3 is 2.74 bits per heavy atom. The maximum atomic E-state index is 12.0. The van der Waals surface area contributed by atoms with Crippen LogP contribution in [0.5, 0.6) is 5.75 Å². The van der Waals surface area contributed by atoms with Gasteiger partial charge in [-0.05, 0) is 23.6 Å². The molecule has 2 rings (SSSR count). The van der Waals surface area contributed by atoms with Crippen LogP contribution < -0.4 is 10.1 Å². The average molecular weight is 280 g/mol. The lowest BCUT2D eigenvalue weighted by Crippen LogP contribution is -2.45. The normalized spacial score (nSPS) is 15.6. The van der Waals surface area contributed by atoms with Crippen LogP contribution >= 0.6 is 0 Å². The number of rotatable bonds is 5. The predicted octanol–water partition coefficient (Wildman–Crippen LogP) is 0.701. The fourth-order valence-corrected chi connectivity index (χ4v) is 3.82. The van der Waals surface area contributed by atoms with Crippen molar-refractivity contribution < 1.29 is 13.2 Å². The molecule has 1 aliphatic heterocycles. The van der Waals surface area contributed by atoms with Gasteiger partial charge in [-0.15, -0.1) is 0 Å². The second kappa shape index (κ2) is 5.59. The van der Waals surface area contributed by atoms with Crippen LogP contribution in [0.15, 0.2) is 18.2 Å². The molecule has 0 bridgehead atoms. The molecule has 19 heavy (non-hydrogen) atoms. The highest BCUT2D eigenvalue weighted by atomic mass is 32.2. The first-order valence-electron chi connectivity index (χ1n) is 6.02. The van der Waals surface area contributed by atoms with Crippen LogP contribution in [0.3, 0.4) is 0 Å². The molecule has 1 aromatic carbocycles. The Balaban J connectivity index is 2.12. The van der Waals surface area contributed by atoms with E-state index < -0.39 is 9.84 Å². The van der Waals surface area contributed by atoms with Crippen LogP contribution in [0.2, 0.25) is 0 Å². The summed E-state index contributed by atoms with van der Waals surface area (Å²) in [6, 6.07) is 6.88. The van der Waals surface area contributed by atoms with Gasteiger partial charge in [0.1, 0.15) is 11.8 Å². The standard InChI is InChI=1S/C13H16N2O3S/c1-18-13-4-10(2-3-12(13)5-14)8-19(16,17)9-11-6-15-7-11/h2-4,11,15H,6-9H2,1H3. The largest absolute Gasteiger partial charge is 0.495 e. The van der Waals surface area contributed by atoms with Gasteiger partial charge in [-0.1, -0.05) is 6.07 Å². The topological polar surface area (TPSA) is 79.2 Å². The van der Waals surface area contributed by atoms with Crippen LogP contribution in [-0.2, 0) is 15.6 Å². The smallest absolute Gasteiger partial charge is 0.154 e. The van der Waals surface area contributed by atoms with Crippen molar-refractivity contribution in [3.8, 4) is 11.8 Å². The van der Waals surface area contributed by atoms with Crippen molar-refractivity contribution >= 4 is 9.84 Å². The van der Waals surface area contributed by atoms with Gasteiger partial charge < -0.3 is 10.1 Å². The highest BCUT2D eigenvalue weighted by molar-refractivity contribution is 7.90. The summed E-state index contributed by atoms with van der Waals surface area (Å²) in [5, 5.41) is 11.9. The molecule has 1 aromatic rings. The summed E-state index contributed by atoms with van der Waals surface area (Å²) in [5.74, 6) is 0.847. The summed E-state index contributed by atoms with van der Waals surface area (Å²) in [7, 11) is -1.65. The lowest BCUT2D eigenvalue weighted by atomic mass is 10.1. The van der Waals surface area contributed by atoms with Gasteiger partial charge in [-0.25, -0.2) is 8.42 Å². The van der Waals surface area contributed by atoms with Gasteiger partial charge in [0.15, 0.2) is 9.84 Å². The van der Waals surface area contributed by atoms with E-state index in [0.717, 1.165) is 13.1 Å². The number of ether oxygens (including phenoxy) is 1. The third-order valence-electron chi connectivity index (χ3n) is 3.13. The highest BCUT2D eigenvalue weighted by Gasteiger charge is 2.24. The van der Waals surface area contributed by atoms with E-state index in [2.05, 4.69) is 5.32 Å². The Bertz CT molecular complexity index is 601.